The molecule has 0 radical (unpaired) electrons. The SMILES string of the molecule is CC(C)C1CCC(C)(C)CC1C(=O)CC[C@H](O)c1ccccc1. The molecule has 1 aromatic rings. The molecule has 1 saturated carbocycles. The molecule has 0 heterocycles. The van der Waals surface area contributed by atoms with E-state index in [1.54, 1.807) is 0 Å². The molecule has 1 aromatic carbocycles. The van der Waals surface area contributed by atoms with Crippen molar-refractivity contribution in [3.63, 3.8) is 0 Å². The second-order valence-corrected chi connectivity index (χ2v) is 8.35. The van der Waals surface area contributed by atoms with Crippen LogP contribution in [0.1, 0.15) is 71.5 Å². The van der Waals surface area contributed by atoms with E-state index >= 15 is 0 Å². The highest BCUT2D eigenvalue weighted by atomic mass is 16.3. The molecule has 2 heteroatoms. The summed E-state index contributed by atoms with van der Waals surface area (Å²) in [4.78, 5) is 12.8. The van der Waals surface area contributed by atoms with Gasteiger partial charge in [-0.1, -0.05) is 58.0 Å². The first-order valence-electron chi connectivity index (χ1n) is 9.06. The van der Waals surface area contributed by atoms with Gasteiger partial charge in [-0.05, 0) is 48.5 Å². The van der Waals surface area contributed by atoms with Crippen LogP contribution in [-0.4, -0.2) is 10.9 Å². The van der Waals surface area contributed by atoms with E-state index in [-0.39, 0.29) is 11.3 Å². The van der Waals surface area contributed by atoms with Gasteiger partial charge in [0.15, 0.2) is 0 Å². The smallest absolute Gasteiger partial charge is 0.136 e. The molecule has 0 aliphatic heterocycles. The summed E-state index contributed by atoms with van der Waals surface area (Å²) in [5.41, 5.74) is 1.17. The van der Waals surface area contributed by atoms with Crippen LogP contribution in [0.3, 0.4) is 0 Å². The highest BCUT2D eigenvalue weighted by molar-refractivity contribution is 5.81. The van der Waals surface area contributed by atoms with Crippen LogP contribution in [0, 0.1) is 23.2 Å². The van der Waals surface area contributed by atoms with Crippen molar-refractivity contribution in [2.24, 2.45) is 23.2 Å². The number of Topliss-reactive ketones (excluding diaryl/α,β-unsaturated/α-hetero) is 1. The number of carbonyl (C=O) groups is 1. The standard InChI is InChI=1S/C21H32O2/c1-15(2)17-12-13-21(3,4)14-18(17)20(23)11-10-19(22)16-8-6-5-7-9-16/h5-9,15,17-19,22H,10-14H2,1-4H3/t17?,18?,19-/m0/s1. The average molecular weight is 316 g/mol. The lowest BCUT2D eigenvalue weighted by Gasteiger charge is -2.42. The number of benzene rings is 1. The zero-order valence-electron chi connectivity index (χ0n) is 15.1. The molecule has 3 atom stereocenters. The average Bonchev–Trinajstić information content (AvgIpc) is 2.51. The fraction of sp³-hybridized carbons (Fsp3) is 0.667. The first kappa shape index (κ1) is 18.2. The van der Waals surface area contributed by atoms with E-state index < -0.39 is 6.10 Å². The zero-order chi connectivity index (χ0) is 17.0. The van der Waals surface area contributed by atoms with Crippen LogP contribution in [0.25, 0.3) is 0 Å². The molecular formula is C21H32O2. The predicted molar refractivity (Wildman–Crippen MR) is 95.1 cm³/mol. The summed E-state index contributed by atoms with van der Waals surface area (Å²) in [7, 11) is 0. The third-order valence-electron chi connectivity index (χ3n) is 5.56. The minimum Gasteiger partial charge on any atom is -0.388 e. The van der Waals surface area contributed by atoms with Gasteiger partial charge in [-0.15, -0.1) is 0 Å². The lowest BCUT2D eigenvalue weighted by Crippen LogP contribution is -2.37. The molecule has 2 nitrogen and oxygen atoms in total. The summed E-state index contributed by atoms with van der Waals surface area (Å²) in [6, 6.07) is 9.65. The monoisotopic (exact) mass is 316 g/mol. The second-order valence-electron chi connectivity index (χ2n) is 8.35. The molecular weight excluding hydrogens is 284 g/mol. The number of hydrogen-bond donors (Lipinski definition) is 1. The first-order chi connectivity index (χ1) is 10.8. The summed E-state index contributed by atoms with van der Waals surface area (Å²) in [6.07, 6.45) is 3.85. The molecule has 0 aromatic heterocycles. The molecule has 1 N–H and O–H groups in total. The van der Waals surface area contributed by atoms with Crippen LogP contribution in [0.4, 0.5) is 0 Å². The third-order valence-corrected chi connectivity index (χ3v) is 5.56. The number of ketones is 1. The molecule has 0 amide bonds. The number of carbonyl (C=O) groups excluding carboxylic acids is 1. The van der Waals surface area contributed by atoms with E-state index in [9.17, 15) is 9.90 Å². The van der Waals surface area contributed by atoms with Crippen molar-refractivity contribution < 1.29 is 9.90 Å². The zero-order valence-corrected chi connectivity index (χ0v) is 15.1. The summed E-state index contributed by atoms with van der Waals surface area (Å²) >= 11 is 0. The van der Waals surface area contributed by atoms with Gasteiger partial charge < -0.3 is 5.11 Å². The van der Waals surface area contributed by atoms with Crippen molar-refractivity contribution in [1.29, 1.82) is 0 Å². The van der Waals surface area contributed by atoms with Crippen molar-refractivity contribution in [2.75, 3.05) is 0 Å². The van der Waals surface area contributed by atoms with E-state index in [1.165, 1.54) is 6.42 Å². The van der Waals surface area contributed by atoms with E-state index in [2.05, 4.69) is 27.7 Å². The van der Waals surface area contributed by atoms with Gasteiger partial charge in [0, 0.05) is 12.3 Å². The Hall–Kier alpha value is -1.15. The minimum atomic E-state index is -0.533. The number of aliphatic hydroxyl groups is 1. The maximum atomic E-state index is 12.8. The molecule has 1 aliphatic carbocycles. The normalized spacial score (nSPS) is 25.3. The van der Waals surface area contributed by atoms with Crippen molar-refractivity contribution >= 4 is 5.78 Å². The maximum absolute atomic E-state index is 12.8. The number of aliphatic hydroxyl groups excluding tert-OH is 1. The Balaban J connectivity index is 1.97. The summed E-state index contributed by atoms with van der Waals surface area (Å²) in [6.45, 7) is 9.04. The molecule has 0 saturated heterocycles. The molecule has 128 valence electrons. The molecule has 23 heavy (non-hydrogen) atoms. The van der Waals surface area contributed by atoms with Gasteiger partial charge >= 0.3 is 0 Å². The van der Waals surface area contributed by atoms with Crippen LogP contribution in [0.15, 0.2) is 30.3 Å². The van der Waals surface area contributed by atoms with Gasteiger partial charge in [-0.3, -0.25) is 4.79 Å². The van der Waals surface area contributed by atoms with Gasteiger partial charge in [-0.2, -0.15) is 0 Å². The predicted octanol–water partition coefficient (Wildman–Crippen LogP) is 5.17. The van der Waals surface area contributed by atoms with Crippen molar-refractivity contribution in [3.8, 4) is 0 Å². The Kier molecular flexibility index (Phi) is 6.02. The van der Waals surface area contributed by atoms with Gasteiger partial charge in [0.05, 0.1) is 6.10 Å². The number of rotatable bonds is 6. The van der Waals surface area contributed by atoms with Gasteiger partial charge in [-0.25, -0.2) is 0 Å². The number of hydrogen-bond acceptors (Lipinski definition) is 2. The third kappa shape index (κ3) is 4.91. The van der Waals surface area contributed by atoms with Crippen LogP contribution in [0.2, 0.25) is 0 Å². The first-order valence-corrected chi connectivity index (χ1v) is 9.06. The van der Waals surface area contributed by atoms with Gasteiger partial charge in [0.2, 0.25) is 0 Å². The largest absolute Gasteiger partial charge is 0.388 e. The molecule has 0 spiro atoms. The highest BCUT2D eigenvalue weighted by Crippen LogP contribution is 2.45. The van der Waals surface area contributed by atoms with Crippen LogP contribution < -0.4 is 0 Å². The van der Waals surface area contributed by atoms with E-state index in [1.807, 2.05) is 30.3 Å². The highest BCUT2D eigenvalue weighted by Gasteiger charge is 2.39. The topological polar surface area (TPSA) is 37.3 Å². The lowest BCUT2D eigenvalue weighted by molar-refractivity contribution is -0.128. The van der Waals surface area contributed by atoms with Crippen LogP contribution in [-0.2, 0) is 4.79 Å². The molecule has 1 aliphatic rings. The van der Waals surface area contributed by atoms with Crippen molar-refractivity contribution in [1.82, 2.24) is 0 Å². The van der Waals surface area contributed by atoms with Crippen molar-refractivity contribution in [2.45, 2.75) is 65.9 Å². The Labute approximate surface area is 141 Å². The molecule has 0 bridgehead atoms. The Morgan fingerprint density at radius 1 is 1.26 bits per heavy atom. The summed E-state index contributed by atoms with van der Waals surface area (Å²) < 4.78 is 0. The van der Waals surface area contributed by atoms with Crippen LogP contribution >= 0.6 is 0 Å². The minimum absolute atomic E-state index is 0.168. The lowest BCUT2D eigenvalue weighted by atomic mass is 9.62. The molecule has 2 unspecified atom stereocenters. The van der Waals surface area contributed by atoms with Crippen LogP contribution in [0.5, 0.6) is 0 Å². The summed E-state index contributed by atoms with van der Waals surface area (Å²) in [5.74, 6) is 1.58. The molecule has 1 fully saturated rings. The molecule has 2 rings (SSSR count). The van der Waals surface area contributed by atoms with E-state index in [0.717, 1.165) is 18.4 Å². The van der Waals surface area contributed by atoms with Gasteiger partial charge in [0.1, 0.15) is 5.78 Å². The van der Waals surface area contributed by atoms with Gasteiger partial charge in [0.25, 0.3) is 0 Å². The Bertz CT molecular complexity index is 504. The van der Waals surface area contributed by atoms with E-state index in [0.29, 0.717) is 30.5 Å². The summed E-state index contributed by atoms with van der Waals surface area (Å²) in [5, 5.41) is 10.3. The van der Waals surface area contributed by atoms with E-state index in [4.69, 9.17) is 0 Å². The maximum Gasteiger partial charge on any atom is 0.136 e. The quantitative estimate of drug-likeness (QED) is 0.786. The van der Waals surface area contributed by atoms with Crippen molar-refractivity contribution in [3.05, 3.63) is 35.9 Å². The second kappa shape index (κ2) is 7.61. The Morgan fingerprint density at radius 3 is 2.52 bits per heavy atom. The fourth-order valence-electron chi connectivity index (χ4n) is 4.06. The fourth-order valence-corrected chi connectivity index (χ4v) is 4.06. The Morgan fingerprint density at radius 2 is 1.91 bits per heavy atom.